The van der Waals surface area contributed by atoms with Gasteiger partial charge in [-0.05, 0) is 29.8 Å². The molecular formula is C26H24FNO5. The van der Waals surface area contributed by atoms with Crippen molar-refractivity contribution in [3.63, 3.8) is 0 Å². The highest BCUT2D eigenvalue weighted by Gasteiger charge is 2.97. The minimum atomic E-state index is -2.05. The van der Waals surface area contributed by atoms with E-state index in [4.69, 9.17) is 9.47 Å². The first-order chi connectivity index (χ1) is 15.7. The van der Waals surface area contributed by atoms with Gasteiger partial charge in [-0.15, -0.1) is 0 Å². The number of ether oxygens (including phenoxy) is 2. The zero-order valence-corrected chi connectivity index (χ0v) is 18.2. The maximum absolute atomic E-state index is 13.8. The highest BCUT2D eigenvalue weighted by Crippen LogP contribution is 2.75. The van der Waals surface area contributed by atoms with Crippen LogP contribution in [0.3, 0.4) is 0 Å². The Kier molecular flexibility index (Phi) is 4.74. The number of hydrogen-bond acceptors (Lipinski definition) is 5. The number of epoxide rings is 2. The summed E-state index contributed by atoms with van der Waals surface area (Å²) in [4.78, 5) is 13.8. The summed E-state index contributed by atoms with van der Waals surface area (Å²) in [5, 5.41) is 26.0. The van der Waals surface area contributed by atoms with Gasteiger partial charge in [0.15, 0.2) is 5.60 Å². The van der Waals surface area contributed by atoms with Crippen molar-refractivity contribution in [1.29, 1.82) is 0 Å². The number of carbonyl (C=O) groups excluding carboxylic acids is 1. The molecule has 33 heavy (non-hydrogen) atoms. The molecule has 0 bridgehead atoms. The van der Waals surface area contributed by atoms with Crippen LogP contribution in [0, 0.1) is 11.7 Å². The Morgan fingerprint density at radius 3 is 1.97 bits per heavy atom. The molecule has 0 saturated carbocycles. The molecule has 0 aliphatic carbocycles. The number of aliphatic hydroxyl groups is 2. The predicted octanol–water partition coefficient (Wildman–Crippen LogP) is 3.65. The lowest BCUT2D eigenvalue weighted by molar-refractivity contribution is -0.124. The summed E-state index contributed by atoms with van der Waals surface area (Å²) in [6.45, 7) is 3.44. The summed E-state index contributed by atoms with van der Waals surface area (Å²) < 4.78 is 25.5. The van der Waals surface area contributed by atoms with Crippen LogP contribution in [0.1, 0.15) is 25.0 Å². The Labute approximate surface area is 190 Å². The average Bonchev–Trinajstić information content (AvgIpc) is 3.67. The minimum absolute atomic E-state index is 0.237. The molecule has 0 radical (unpaired) electrons. The minimum Gasteiger partial charge on any atom is -0.362 e. The van der Waals surface area contributed by atoms with Crippen LogP contribution in [0.4, 0.5) is 10.1 Å². The third kappa shape index (κ3) is 2.83. The number of nitrogens with one attached hydrogen (secondary N) is 1. The smallest absolute Gasteiger partial charge is 0.266 e. The summed E-state index contributed by atoms with van der Waals surface area (Å²) >= 11 is 0. The van der Waals surface area contributed by atoms with E-state index >= 15 is 0 Å². The second kappa shape index (κ2) is 7.20. The third-order valence-electron chi connectivity index (χ3n) is 6.55. The molecule has 3 aromatic rings. The number of para-hydroxylation sites is 1. The molecule has 4 unspecified atom stereocenters. The second-order valence-electron chi connectivity index (χ2n) is 8.75. The Hall–Kier alpha value is -3.10. The van der Waals surface area contributed by atoms with Crippen molar-refractivity contribution < 1.29 is 28.9 Å². The van der Waals surface area contributed by atoms with Crippen LogP contribution in [0.5, 0.6) is 0 Å². The fourth-order valence-corrected chi connectivity index (χ4v) is 4.74. The van der Waals surface area contributed by atoms with Gasteiger partial charge in [0.2, 0.25) is 17.2 Å². The molecule has 7 heteroatoms. The molecule has 6 nitrogen and oxygen atoms in total. The summed E-state index contributed by atoms with van der Waals surface area (Å²) in [5.41, 5.74) is -2.58. The van der Waals surface area contributed by atoms with E-state index in [2.05, 4.69) is 5.32 Å². The SMILES string of the molecule is CC(C)C1(O)OC1(C(=O)Nc1ccccc1)C1(c2ccccc2)OC1(O)c1ccc(F)cc1. The van der Waals surface area contributed by atoms with E-state index in [9.17, 15) is 19.4 Å². The summed E-state index contributed by atoms with van der Waals surface area (Å²) in [5.74, 6) is -5.62. The maximum atomic E-state index is 13.8. The highest BCUT2D eigenvalue weighted by molar-refractivity contribution is 6.02. The standard InChI is InChI=1S/C26H24FNO5/c1-17(2)25(30)24(33-25,22(29)28-21-11-7-4-8-12-21)23(18-9-5-3-6-10-18)26(31,32-23)19-13-15-20(27)16-14-19/h3-17,30-31H,1-2H3,(H,28,29). The monoisotopic (exact) mass is 449 g/mol. The maximum Gasteiger partial charge on any atom is 0.266 e. The van der Waals surface area contributed by atoms with Crippen molar-refractivity contribution >= 4 is 11.6 Å². The summed E-state index contributed by atoms with van der Waals surface area (Å²) in [6.07, 6.45) is 0. The number of amides is 1. The molecule has 2 aliphatic heterocycles. The quantitative estimate of drug-likeness (QED) is 0.500. The van der Waals surface area contributed by atoms with Crippen molar-refractivity contribution in [1.82, 2.24) is 0 Å². The molecular weight excluding hydrogens is 425 g/mol. The molecule has 170 valence electrons. The van der Waals surface area contributed by atoms with Crippen LogP contribution in [-0.2, 0) is 25.7 Å². The summed E-state index contributed by atoms with van der Waals surface area (Å²) in [7, 11) is 0. The highest BCUT2D eigenvalue weighted by atomic mass is 19.1. The number of benzene rings is 3. The van der Waals surface area contributed by atoms with Crippen LogP contribution < -0.4 is 5.32 Å². The Balaban J connectivity index is 1.68. The number of hydrogen-bond donors (Lipinski definition) is 3. The lowest BCUT2D eigenvalue weighted by atomic mass is 9.73. The first kappa shape index (κ1) is 21.7. The lowest BCUT2D eigenvalue weighted by Crippen LogP contribution is -2.52. The first-order valence-electron chi connectivity index (χ1n) is 10.7. The fraction of sp³-hybridized carbons (Fsp3) is 0.269. The molecule has 2 aliphatic rings. The predicted molar refractivity (Wildman–Crippen MR) is 118 cm³/mol. The van der Waals surface area contributed by atoms with Gasteiger partial charge >= 0.3 is 0 Å². The summed E-state index contributed by atoms with van der Waals surface area (Å²) in [6, 6.07) is 22.6. The van der Waals surface area contributed by atoms with Gasteiger partial charge in [0.1, 0.15) is 5.82 Å². The Bertz CT molecular complexity index is 1190. The first-order valence-corrected chi connectivity index (χ1v) is 10.7. The third-order valence-corrected chi connectivity index (χ3v) is 6.55. The lowest BCUT2D eigenvalue weighted by Gasteiger charge is -2.26. The van der Waals surface area contributed by atoms with Gasteiger partial charge in [-0.2, -0.15) is 0 Å². The van der Waals surface area contributed by atoms with Crippen LogP contribution in [0.2, 0.25) is 0 Å². The largest absolute Gasteiger partial charge is 0.362 e. The zero-order valence-electron chi connectivity index (χ0n) is 18.2. The second-order valence-corrected chi connectivity index (χ2v) is 8.75. The van der Waals surface area contributed by atoms with E-state index in [1.54, 1.807) is 68.4 Å². The van der Waals surface area contributed by atoms with E-state index < -0.39 is 40.4 Å². The number of anilines is 1. The molecule has 5 rings (SSSR count). The molecule has 1 amide bonds. The van der Waals surface area contributed by atoms with Gasteiger partial charge in [0, 0.05) is 17.2 Å². The molecule has 2 saturated heterocycles. The fourth-order valence-electron chi connectivity index (χ4n) is 4.74. The zero-order chi connectivity index (χ0) is 23.5. The molecule has 0 spiro atoms. The van der Waals surface area contributed by atoms with Gasteiger partial charge in [-0.3, -0.25) is 4.79 Å². The topological polar surface area (TPSA) is 94.6 Å². The van der Waals surface area contributed by atoms with Crippen molar-refractivity contribution in [3.05, 3.63) is 102 Å². The van der Waals surface area contributed by atoms with Crippen molar-refractivity contribution in [3.8, 4) is 0 Å². The van der Waals surface area contributed by atoms with Crippen LogP contribution >= 0.6 is 0 Å². The van der Waals surface area contributed by atoms with Crippen molar-refractivity contribution in [2.24, 2.45) is 5.92 Å². The van der Waals surface area contributed by atoms with Gasteiger partial charge in [0.25, 0.3) is 5.91 Å². The molecule has 4 atom stereocenters. The van der Waals surface area contributed by atoms with E-state index in [-0.39, 0.29) is 5.56 Å². The molecule has 2 fully saturated rings. The van der Waals surface area contributed by atoms with Crippen molar-refractivity contribution in [2.75, 3.05) is 5.32 Å². The average molecular weight is 449 g/mol. The van der Waals surface area contributed by atoms with E-state index in [1.165, 1.54) is 24.3 Å². The van der Waals surface area contributed by atoms with Crippen LogP contribution in [-0.4, -0.2) is 27.5 Å². The molecule has 2 heterocycles. The van der Waals surface area contributed by atoms with Crippen LogP contribution in [0.25, 0.3) is 0 Å². The molecule has 0 aromatic heterocycles. The van der Waals surface area contributed by atoms with Gasteiger partial charge in [-0.25, -0.2) is 4.39 Å². The normalized spacial score (nSPS) is 32.4. The van der Waals surface area contributed by atoms with Gasteiger partial charge < -0.3 is 25.0 Å². The number of rotatable bonds is 6. The van der Waals surface area contributed by atoms with Crippen molar-refractivity contribution in [2.45, 2.75) is 36.6 Å². The van der Waals surface area contributed by atoms with E-state index in [1.807, 2.05) is 6.07 Å². The van der Waals surface area contributed by atoms with Crippen LogP contribution in [0.15, 0.2) is 84.9 Å². The number of carbonyl (C=O) groups is 1. The Morgan fingerprint density at radius 1 is 0.848 bits per heavy atom. The molecule has 3 aromatic carbocycles. The Morgan fingerprint density at radius 2 is 1.42 bits per heavy atom. The van der Waals surface area contributed by atoms with E-state index in [0.29, 0.717) is 11.3 Å². The van der Waals surface area contributed by atoms with Gasteiger partial charge in [0.05, 0.1) is 0 Å². The van der Waals surface area contributed by atoms with Gasteiger partial charge in [-0.1, -0.05) is 74.5 Å². The van der Waals surface area contributed by atoms with E-state index in [0.717, 1.165) is 0 Å². The number of halogens is 1. The molecule has 3 N–H and O–H groups in total.